The van der Waals surface area contributed by atoms with Crippen LogP contribution in [0.15, 0.2) is 24.4 Å². The van der Waals surface area contributed by atoms with E-state index in [1.807, 2.05) is 12.3 Å². The molecular weight excluding hydrogens is 158 g/mol. The highest BCUT2D eigenvalue weighted by Gasteiger charge is 2.38. The van der Waals surface area contributed by atoms with Gasteiger partial charge in [0, 0.05) is 17.8 Å². The van der Waals surface area contributed by atoms with Gasteiger partial charge < -0.3 is 0 Å². The first-order valence-corrected chi connectivity index (χ1v) is 5.32. The van der Waals surface area contributed by atoms with Crippen molar-refractivity contribution in [3.05, 3.63) is 30.1 Å². The predicted octanol–water partition coefficient (Wildman–Crippen LogP) is 3.38. The van der Waals surface area contributed by atoms with E-state index in [4.69, 9.17) is 0 Å². The van der Waals surface area contributed by atoms with E-state index in [0.717, 1.165) is 11.8 Å². The normalized spacial score (nSPS) is 25.9. The van der Waals surface area contributed by atoms with Crippen LogP contribution < -0.4 is 0 Å². The Morgan fingerprint density at radius 1 is 1.46 bits per heavy atom. The standard InChI is InChI=1S/C12H17N/c1-2-3-6-10-9-11(10)12-7-4-5-8-13-12/h4-5,7-8,10-11H,2-3,6,9H2,1H3. The topological polar surface area (TPSA) is 12.9 Å². The van der Waals surface area contributed by atoms with Crippen LogP contribution in [0.5, 0.6) is 0 Å². The Bertz CT molecular complexity index is 255. The SMILES string of the molecule is CCCCC1CC1c1ccccn1. The van der Waals surface area contributed by atoms with E-state index in [0.29, 0.717) is 0 Å². The molecule has 70 valence electrons. The molecule has 1 aliphatic rings. The van der Waals surface area contributed by atoms with Crippen molar-refractivity contribution in [3.63, 3.8) is 0 Å². The average molecular weight is 175 g/mol. The molecule has 2 rings (SSSR count). The minimum absolute atomic E-state index is 0.785. The second-order valence-electron chi connectivity index (χ2n) is 4.00. The Kier molecular flexibility index (Phi) is 2.62. The van der Waals surface area contributed by atoms with Crippen molar-refractivity contribution in [2.75, 3.05) is 0 Å². The third-order valence-corrected chi connectivity index (χ3v) is 2.92. The molecule has 0 aliphatic heterocycles. The highest BCUT2D eigenvalue weighted by molar-refractivity contribution is 5.17. The van der Waals surface area contributed by atoms with E-state index in [1.165, 1.54) is 31.4 Å². The molecule has 2 unspecified atom stereocenters. The van der Waals surface area contributed by atoms with Gasteiger partial charge in [-0.2, -0.15) is 0 Å². The molecule has 1 aromatic rings. The quantitative estimate of drug-likeness (QED) is 0.683. The van der Waals surface area contributed by atoms with Gasteiger partial charge in [-0.15, -0.1) is 0 Å². The summed E-state index contributed by atoms with van der Waals surface area (Å²) in [6.07, 6.45) is 7.39. The number of nitrogens with zero attached hydrogens (tertiary/aromatic N) is 1. The van der Waals surface area contributed by atoms with E-state index >= 15 is 0 Å². The van der Waals surface area contributed by atoms with Crippen LogP contribution in [0.4, 0.5) is 0 Å². The van der Waals surface area contributed by atoms with Crippen molar-refractivity contribution < 1.29 is 0 Å². The lowest BCUT2D eigenvalue weighted by molar-refractivity contribution is 0.637. The molecule has 1 heteroatoms. The molecule has 1 aromatic heterocycles. The monoisotopic (exact) mass is 175 g/mol. The molecule has 0 radical (unpaired) electrons. The van der Waals surface area contributed by atoms with Gasteiger partial charge in [0.25, 0.3) is 0 Å². The molecule has 0 aromatic carbocycles. The van der Waals surface area contributed by atoms with Crippen molar-refractivity contribution in [1.82, 2.24) is 4.98 Å². The lowest BCUT2D eigenvalue weighted by Crippen LogP contribution is -1.87. The summed E-state index contributed by atoms with van der Waals surface area (Å²) >= 11 is 0. The first kappa shape index (κ1) is 8.74. The number of hydrogen-bond donors (Lipinski definition) is 0. The molecule has 0 amide bonds. The van der Waals surface area contributed by atoms with Gasteiger partial charge in [0.2, 0.25) is 0 Å². The number of hydrogen-bond acceptors (Lipinski definition) is 1. The number of aromatic nitrogens is 1. The van der Waals surface area contributed by atoms with Gasteiger partial charge in [-0.25, -0.2) is 0 Å². The summed E-state index contributed by atoms with van der Waals surface area (Å²) in [7, 11) is 0. The van der Waals surface area contributed by atoms with Crippen molar-refractivity contribution in [3.8, 4) is 0 Å². The maximum absolute atomic E-state index is 4.40. The molecule has 1 aliphatic carbocycles. The molecule has 1 saturated carbocycles. The fourth-order valence-corrected chi connectivity index (χ4v) is 1.99. The third-order valence-electron chi connectivity index (χ3n) is 2.92. The zero-order chi connectivity index (χ0) is 9.10. The summed E-state index contributed by atoms with van der Waals surface area (Å²) in [5.41, 5.74) is 1.31. The Balaban J connectivity index is 1.86. The van der Waals surface area contributed by atoms with Gasteiger partial charge in [-0.1, -0.05) is 25.8 Å². The zero-order valence-electron chi connectivity index (χ0n) is 8.24. The van der Waals surface area contributed by atoms with Gasteiger partial charge in [0.05, 0.1) is 0 Å². The van der Waals surface area contributed by atoms with Gasteiger partial charge in [-0.05, 0) is 30.9 Å². The maximum Gasteiger partial charge on any atom is 0.0437 e. The second kappa shape index (κ2) is 3.91. The van der Waals surface area contributed by atoms with Crippen molar-refractivity contribution in [2.45, 2.75) is 38.5 Å². The summed E-state index contributed by atoms with van der Waals surface area (Å²) in [4.78, 5) is 4.40. The summed E-state index contributed by atoms with van der Waals surface area (Å²) in [5, 5.41) is 0. The summed E-state index contributed by atoms with van der Waals surface area (Å²) in [5.74, 6) is 1.72. The largest absolute Gasteiger partial charge is 0.261 e. The minimum Gasteiger partial charge on any atom is -0.261 e. The van der Waals surface area contributed by atoms with E-state index in [-0.39, 0.29) is 0 Å². The van der Waals surface area contributed by atoms with Crippen LogP contribution in [0.25, 0.3) is 0 Å². The van der Waals surface area contributed by atoms with E-state index < -0.39 is 0 Å². The lowest BCUT2D eigenvalue weighted by atomic mass is 10.1. The van der Waals surface area contributed by atoms with Gasteiger partial charge >= 0.3 is 0 Å². The molecule has 2 atom stereocenters. The Labute approximate surface area is 80.2 Å². The van der Waals surface area contributed by atoms with Crippen molar-refractivity contribution >= 4 is 0 Å². The Morgan fingerprint density at radius 3 is 3.08 bits per heavy atom. The zero-order valence-corrected chi connectivity index (χ0v) is 8.24. The van der Waals surface area contributed by atoms with Crippen LogP contribution in [0.2, 0.25) is 0 Å². The van der Waals surface area contributed by atoms with Crippen LogP contribution in [0.1, 0.15) is 44.2 Å². The summed E-state index contributed by atoms with van der Waals surface area (Å²) < 4.78 is 0. The van der Waals surface area contributed by atoms with Crippen molar-refractivity contribution in [1.29, 1.82) is 0 Å². The fraction of sp³-hybridized carbons (Fsp3) is 0.583. The molecule has 0 spiro atoms. The van der Waals surface area contributed by atoms with E-state index in [1.54, 1.807) is 0 Å². The lowest BCUT2D eigenvalue weighted by Gasteiger charge is -1.98. The van der Waals surface area contributed by atoms with Crippen LogP contribution in [0.3, 0.4) is 0 Å². The Morgan fingerprint density at radius 2 is 2.38 bits per heavy atom. The molecule has 1 nitrogen and oxygen atoms in total. The van der Waals surface area contributed by atoms with Crippen LogP contribution in [-0.2, 0) is 0 Å². The predicted molar refractivity (Wildman–Crippen MR) is 54.6 cm³/mol. The smallest absolute Gasteiger partial charge is 0.0437 e. The summed E-state index contributed by atoms with van der Waals surface area (Å²) in [6.45, 7) is 2.26. The minimum atomic E-state index is 0.785. The first-order chi connectivity index (χ1) is 6.42. The van der Waals surface area contributed by atoms with Gasteiger partial charge in [0.15, 0.2) is 0 Å². The molecule has 13 heavy (non-hydrogen) atoms. The van der Waals surface area contributed by atoms with Gasteiger partial charge in [-0.3, -0.25) is 4.98 Å². The van der Waals surface area contributed by atoms with Crippen molar-refractivity contribution in [2.24, 2.45) is 5.92 Å². The fourth-order valence-electron chi connectivity index (χ4n) is 1.99. The van der Waals surface area contributed by atoms with E-state index in [9.17, 15) is 0 Å². The molecular formula is C12H17N. The van der Waals surface area contributed by atoms with Crippen LogP contribution in [0, 0.1) is 5.92 Å². The highest BCUT2D eigenvalue weighted by Crippen LogP contribution is 2.49. The molecule has 0 bridgehead atoms. The summed E-state index contributed by atoms with van der Waals surface area (Å²) in [6, 6.07) is 6.25. The molecule has 0 N–H and O–H groups in total. The Hall–Kier alpha value is -0.850. The molecule has 1 heterocycles. The first-order valence-electron chi connectivity index (χ1n) is 5.32. The van der Waals surface area contributed by atoms with Gasteiger partial charge in [0.1, 0.15) is 0 Å². The second-order valence-corrected chi connectivity index (χ2v) is 4.00. The molecule has 0 saturated heterocycles. The number of rotatable bonds is 4. The average Bonchev–Trinajstić information content (AvgIpc) is 2.95. The highest BCUT2D eigenvalue weighted by atomic mass is 14.7. The number of pyridine rings is 1. The van der Waals surface area contributed by atoms with E-state index in [2.05, 4.69) is 24.0 Å². The number of unbranched alkanes of at least 4 members (excludes halogenated alkanes) is 1. The van der Waals surface area contributed by atoms with Crippen LogP contribution in [-0.4, -0.2) is 4.98 Å². The maximum atomic E-state index is 4.40. The molecule has 1 fully saturated rings. The van der Waals surface area contributed by atoms with Crippen LogP contribution >= 0.6 is 0 Å². The third kappa shape index (κ3) is 2.09.